The lowest BCUT2D eigenvalue weighted by atomic mass is 9.96. The van der Waals surface area contributed by atoms with E-state index in [0.29, 0.717) is 17.5 Å². The minimum atomic E-state index is 0.656. The number of hydrogen-bond acceptors (Lipinski definition) is 5. The summed E-state index contributed by atoms with van der Waals surface area (Å²) in [6.07, 6.45) is 0. The molecule has 9 aromatic rings. The molecular weight excluding hydrogens is 593 g/mol. The van der Waals surface area contributed by atoms with Gasteiger partial charge in [0.1, 0.15) is 5.01 Å². The van der Waals surface area contributed by atoms with Gasteiger partial charge in [0.15, 0.2) is 17.5 Å². The summed E-state index contributed by atoms with van der Waals surface area (Å²) in [4.78, 5) is 19.8. The van der Waals surface area contributed by atoms with Gasteiger partial charge in [0, 0.05) is 27.6 Å². The monoisotopic (exact) mass is 618 g/mol. The first-order valence-electron chi connectivity index (χ1n) is 15.6. The minimum Gasteiger partial charge on any atom is -0.236 e. The Balaban J connectivity index is 1.15. The van der Waals surface area contributed by atoms with Crippen LogP contribution in [-0.4, -0.2) is 19.9 Å². The average Bonchev–Trinajstić information content (AvgIpc) is 3.60. The summed E-state index contributed by atoms with van der Waals surface area (Å²) in [6, 6.07) is 54.6. The molecule has 0 N–H and O–H groups in total. The Morgan fingerprint density at radius 1 is 0.362 bits per heavy atom. The summed E-state index contributed by atoms with van der Waals surface area (Å²) >= 11 is 1.75. The van der Waals surface area contributed by atoms with Gasteiger partial charge in [0.2, 0.25) is 0 Å². The van der Waals surface area contributed by atoms with Crippen molar-refractivity contribution < 1.29 is 0 Å². The number of benzene rings is 7. The predicted molar refractivity (Wildman–Crippen MR) is 195 cm³/mol. The zero-order valence-corrected chi connectivity index (χ0v) is 26.0. The summed E-state index contributed by atoms with van der Waals surface area (Å²) in [5, 5.41) is 5.70. The standard InChI is InChI=1S/C42H26N4S/c1-4-11-28(12-5-1)39-44-40(29-13-6-2-7-14-29)46-41(45-39)35-18-10-17-33-25-31(21-23-34(33)35)32-20-19-27-22-24-37-38(36(27)26-32)47-42(43-37)30-15-8-3-9-16-30/h1-26H. The summed E-state index contributed by atoms with van der Waals surface area (Å²) in [5.41, 5.74) is 7.40. The topological polar surface area (TPSA) is 51.6 Å². The Bertz CT molecular complexity index is 2500. The Labute approximate surface area is 275 Å². The minimum absolute atomic E-state index is 0.656. The van der Waals surface area contributed by atoms with Gasteiger partial charge in [-0.15, -0.1) is 11.3 Å². The maximum absolute atomic E-state index is 4.99. The molecule has 0 saturated heterocycles. The molecule has 0 fully saturated rings. The number of aromatic nitrogens is 4. The van der Waals surface area contributed by atoms with E-state index < -0.39 is 0 Å². The highest BCUT2D eigenvalue weighted by Gasteiger charge is 2.15. The second-order valence-corrected chi connectivity index (χ2v) is 12.5. The molecule has 0 radical (unpaired) electrons. The van der Waals surface area contributed by atoms with Crippen molar-refractivity contribution >= 4 is 43.1 Å². The second-order valence-electron chi connectivity index (χ2n) is 11.5. The van der Waals surface area contributed by atoms with Crippen LogP contribution in [0.1, 0.15) is 0 Å². The first-order chi connectivity index (χ1) is 23.3. The molecule has 0 aliphatic rings. The van der Waals surface area contributed by atoms with E-state index in [1.165, 1.54) is 21.0 Å². The molecule has 7 aromatic carbocycles. The molecular formula is C42H26N4S. The van der Waals surface area contributed by atoms with Crippen LogP contribution >= 0.6 is 11.3 Å². The van der Waals surface area contributed by atoms with Crippen molar-refractivity contribution in [2.75, 3.05) is 0 Å². The molecule has 0 amide bonds. The Morgan fingerprint density at radius 2 is 0.957 bits per heavy atom. The van der Waals surface area contributed by atoms with Crippen LogP contribution in [0.3, 0.4) is 0 Å². The summed E-state index contributed by atoms with van der Waals surface area (Å²) < 4.78 is 1.21. The van der Waals surface area contributed by atoms with E-state index in [2.05, 4.69) is 91.0 Å². The molecule has 0 aliphatic carbocycles. The molecule has 0 aliphatic heterocycles. The van der Waals surface area contributed by atoms with Crippen molar-refractivity contribution in [2.45, 2.75) is 0 Å². The van der Waals surface area contributed by atoms with E-state index in [4.69, 9.17) is 19.9 Å². The SMILES string of the molecule is c1ccc(-c2nc(-c3ccccc3)nc(-c3cccc4cc(-c5ccc6ccc7nc(-c8ccccc8)sc7c6c5)ccc34)n2)cc1. The highest BCUT2D eigenvalue weighted by atomic mass is 32.1. The van der Waals surface area contributed by atoms with E-state index in [-0.39, 0.29) is 0 Å². The van der Waals surface area contributed by atoms with Crippen LogP contribution in [0, 0.1) is 0 Å². The van der Waals surface area contributed by atoms with Crippen molar-refractivity contribution in [2.24, 2.45) is 0 Å². The van der Waals surface area contributed by atoms with E-state index in [1.54, 1.807) is 11.3 Å². The van der Waals surface area contributed by atoms with Gasteiger partial charge in [0.25, 0.3) is 0 Å². The van der Waals surface area contributed by atoms with Crippen LogP contribution in [-0.2, 0) is 0 Å². The normalized spacial score (nSPS) is 11.4. The Kier molecular flexibility index (Phi) is 6.61. The molecule has 0 atom stereocenters. The number of nitrogens with zero attached hydrogens (tertiary/aromatic N) is 4. The Morgan fingerprint density at radius 3 is 1.66 bits per heavy atom. The molecule has 0 saturated carbocycles. The fourth-order valence-corrected chi connectivity index (χ4v) is 7.27. The van der Waals surface area contributed by atoms with Gasteiger partial charge in [-0.2, -0.15) is 0 Å². The van der Waals surface area contributed by atoms with Crippen LogP contribution in [0.5, 0.6) is 0 Å². The van der Waals surface area contributed by atoms with Gasteiger partial charge in [-0.3, -0.25) is 0 Å². The molecule has 5 heteroatoms. The van der Waals surface area contributed by atoms with E-state index in [1.807, 2.05) is 66.7 Å². The van der Waals surface area contributed by atoms with Crippen LogP contribution in [0.25, 0.3) is 87.6 Å². The zero-order valence-electron chi connectivity index (χ0n) is 25.2. The molecule has 4 nitrogen and oxygen atoms in total. The van der Waals surface area contributed by atoms with E-state index in [9.17, 15) is 0 Å². The molecule has 9 rings (SSSR count). The quantitative estimate of drug-likeness (QED) is 0.193. The van der Waals surface area contributed by atoms with Gasteiger partial charge in [-0.05, 0) is 45.5 Å². The van der Waals surface area contributed by atoms with Crippen molar-refractivity contribution in [3.8, 4) is 55.9 Å². The molecule has 0 unspecified atom stereocenters. The lowest BCUT2D eigenvalue weighted by Gasteiger charge is -2.11. The van der Waals surface area contributed by atoms with Gasteiger partial charge < -0.3 is 0 Å². The molecule has 220 valence electrons. The van der Waals surface area contributed by atoms with Crippen molar-refractivity contribution in [3.63, 3.8) is 0 Å². The lowest BCUT2D eigenvalue weighted by molar-refractivity contribution is 1.08. The van der Waals surface area contributed by atoms with Gasteiger partial charge in [-0.1, -0.05) is 140 Å². The van der Waals surface area contributed by atoms with Crippen molar-refractivity contribution in [1.29, 1.82) is 0 Å². The third kappa shape index (κ3) is 5.03. The van der Waals surface area contributed by atoms with Crippen LogP contribution in [0.2, 0.25) is 0 Å². The maximum Gasteiger partial charge on any atom is 0.164 e. The summed E-state index contributed by atoms with van der Waals surface area (Å²) in [6.45, 7) is 0. The first-order valence-corrected chi connectivity index (χ1v) is 16.4. The largest absolute Gasteiger partial charge is 0.236 e. The molecule has 2 aromatic heterocycles. The van der Waals surface area contributed by atoms with Crippen molar-refractivity contribution in [3.05, 3.63) is 158 Å². The Hall–Kier alpha value is -6.04. The smallest absolute Gasteiger partial charge is 0.164 e. The van der Waals surface area contributed by atoms with E-state index in [0.717, 1.165) is 49.1 Å². The highest BCUT2D eigenvalue weighted by Crippen LogP contribution is 2.38. The van der Waals surface area contributed by atoms with Crippen LogP contribution in [0.15, 0.2) is 158 Å². The number of hydrogen-bond donors (Lipinski definition) is 0. The van der Waals surface area contributed by atoms with Gasteiger partial charge >= 0.3 is 0 Å². The van der Waals surface area contributed by atoms with E-state index >= 15 is 0 Å². The fraction of sp³-hybridized carbons (Fsp3) is 0. The third-order valence-corrected chi connectivity index (χ3v) is 9.70. The highest BCUT2D eigenvalue weighted by molar-refractivity contribution is 7.22. The average molecular weight is 619 g/mol. The van der Waals surface area contributed by atoms with Crippen LogP contribution in [0.4, 0.5) is 0 Å². The molecule has 2 heterocycles. The summed E-state index contributed by atoms with van der Waals surface area (Å²) in [5.74, 6) is 1.97. The first kappa shape index (κ1) is 27.3. The van der Waals surface area contributed by atoms with Gasteiger partial charge in [-0.25, -0.2) is 19.9 Å². The summed E-state index contributed by atoms with van der Waals surface area (Å²) in [7, 11) is 0. The number of rotatable bonds is 5. The predicted octanol–water partition coefficient (Wildman–Crippen LogP) is 11.1. The molecule has 0 bridgehead atoms. The van der Waals surface area contributed by atoms with Crippen LogP contribution < -0.4 is 0 Å². The lowest BCUT2D eigenvalue weighted by Crippen LogP contribution is -2.00. The maximum atomic E-state index is 4.99. The van der Waals surface area contributed by atoms with Crippen molar-refractivity contribution in [1.82, 2.24) is 19.9 Å². The molecule has 47 heavy (non-hydrogen) atoms. The number of thiazole rings is 1. The third-order valence-electron chi connectivity index (χ3n) is 8.55. The van der Waals surface area contributed by atoms with Gasteiger partial charge in [0.05, 0.1) is 10.2 Å². The molecule has 0 spiro atoms. The zero-order chi connectivity index (χ0) is 31.2. The second kappa shape index (κ2) is 11.4. The fourth-order valence-electron chi connectivity index (χ4n) is 6.18. The number of fused-ring (bicyclic) bond motifs is 4.